The molecule has 2 atom stereocenters. The van der Waals surface area contributed by atoms with Crippen molar-refractivity contribution in [2.24, 2.45) is 0 Å². The molecule has 12 rings (SSSR count). The number of ether oxygens (including phenoxy) is 4. The number of fused-ring (bicyclic) bond motifs is 2. The van der Waals surface area contributed by atoms with E-state index in [1.807, 2.05) is 66.6 Å². The van der Waals surface area contributed by atoms with E-state index in [0.717, 1.165) is 101 Å². The van der Waals surface area contributed by atoms with Gasteiger partial charge in [-0.2, -0.15) is 0 Å². The van der Waals surface area contributed by atoms with Gasteiger partial charge in [-0.3, -0.25) is 4.79 Å². The van der Waals surface area contributed by atoms with Crippen LogP contribution in [0.3, 0.4) is 0 Å². The van der Waals surface area contributed by atoms with Crippen LogP contribution < -0.4 is 35.7 Å². The highest BCUT2D eigenvalue weighted by Crippen LogP contribution is 2.39. The number of carbonyl (C=O) groups is 1. The molecule has 2 aliphatic rings. The lowest BCUT2D eigenvalue weighted by atomic mass is 10.1. The van der Waals surface area contributed by atoms with Gasteiger partial charge >= 0.3 is 0 Å². The van der Waals surface area contributed by atoms with Crippen molar-refractivity contribution in [3.63, 3.8) is 0 Å². The quantitative estimate of drug-likeness (QED) is 0.0918. The van der Waals surface area contributed by atoms with Gasteiger partial charge in [-0.25, -0.2) is 48.7 Å². The van der Waals surface area contributed by atoms with Gasteiger partial charge in [0, 0.05) is 128 Å². The molecule has 412 valence electrons. The van der Waals surface area contributed by atoms with Gasteiger partial charge in [-0.05, 0) is 81.5 Å². The number of nitrogen functional groups attached to an aromatic ring is 2. The molecule has 2 saturated heterocycles. The minimum Gasteiger partial charge on any atom is -0.489 e. The highest BCUT2D eigenvalue weighted by molar-refractivity contribution is 6.01. The van der Waals surface area contributed by atoms with E-state index in [2.05, 4.69) is 60.5 Å². The van der Waals surface area contributed by atoms with E-state index in [9.17, 15) is 13.6 Å². The molecule has 4 aromatic carbocycles. The van der Waals surface area contributed by atoms with Crippen LogP contribution in [-0.2, 0) is 18.0 Å². The Labute approximate surface area is 465 Å². The number of hydrogen-bond acceptors (Lipinski definition) is 16. The lowest BCUT2D eigenvalue weighted by molar-refractivity contribution is -0.130. The molecule has 81 heavy (non-hydrogen) atoms. The van der Waals surface area contributed by atoms with E-state index in [1.165, 1.54) is 36.9 Å². The number of nitrogens with one attached hydrogen (secondary N) is 1. The smallest absolute Gasteiger partial charge is 0.219 e. The molecule has 8 heterocycles. The van der Waals surface area contributed by atoms with E-state index in [-0.39, 0.29) is 25.2 Å². The van der Waals surface area contributed by atoms with Crippen molar-refractivity contribution in [3.8, 4) is 56.8 Å². The lowest BCUT2D eigenvalue weighted by Gasteiger charge is -2.33. The third-order valence-electron chi connectivity index (χ3n) is 14.1. The van der Waals surface area contributed by atoms with E-state index in [0.29, 0.717) is 70.4 Å². The van der Waals surface area contributed by atoms with Crippen molar-refractivity contribution in [3.05, 3.63) is 169 Å². The van der Waals surface area contributed by atoms with Crippen LogP contribution >= 0.6 is 0 Å². The predicted octanol–water partition coefficient (Wildman–Crippen LogP) is 10.7. The van der Waals surface area contributed by atoms with Crippen molar-refractivity contribution in [1.82, 2.24) is 59.2 Å². The number of nitrogens with zero attached hydrogens (tertiary/aromatic N) is 11. The van der Waals surface area contributed by atoms with Crippen LogP contribution in [0.15, 0.2) is 135 Å². The van der Waals surface area contributed by atoms with Crippen molar-refractivity contribution in [2.45, 2.75) is 71.8 Å². The molecular weight excluding hydrogens is 1030 g/mol. The van der Waals surface area contributed by atoms with Gasteiger partial charge in [0.25, 0.3) is 0 Å². The van der Waals surface area contributed by atoms with E-state index < -0.39 is 11.6 Å². The predicted molar refractivity (Wildman–Crippen MR) is 302 cm³/mol. The fourth-order valence-corrected chi connectivity index (χ4v) is 10.1. The molecule has 0 bridgehead atoms. The number of rotatable bonds is 14. The summed E-state index contributed by atoms with van der Waals surface area (Å²) in [4.78, 5) is 48.1. The van der Waals surface area contributed by atoms with Gasteiger partial charge in [0.05, 0.1) is 16.8 Å². The summed E-state index contributed by atoms with van der Waals surface area (Å²) in [6.45, 7) is 8.93. The molecule has 10 aromatic rings. The minimum atomic E-state index is -0.478. The maximum absolute atomic E-state index is 14.4. The second-order valence-corrected chi connectivity index (χ2v) is 19.9. The molecule has 0 saturated carbocycles. The number of hydrogen-bond donors (Lipinski definition) is 3. The summed E-state index contributed by atoms with van der Waals surface area (Å²) < 4.78 is 56.4. The summed E-state index contributed by atoms with van der Waals surface area (Å²) in [7, 11) is 0. The van der Waals surface area contributed by atoms with Crippen LogP contribution in [0, 0.1) is 25.5 Å². The average Bonchev–Trinajstić information content (AvgIpc) is 4.31. The molecule has 0 radical (unpaired) electrons. The molecule has 5 N–H and O–H groups in total. The minimum absolute atomic E-state index is 0.0685. The molecule has 0 spiro atoms. The van der Waals surface area contributed by atoms with Crippen LogP contribution in [0.1, 0.15) is 67.5 Å². The Morgan fingerprint density at radius 3 is 1.51 bits per heavy atom. The first kappa shape index (κ1) is 53.4. The zero-order valence-corrected chi connectivity index (χ0v) is 44.8. The zero-order chi connectivity index (χ0) is 56.0. The maximum Gasteiger partial charge on any atom is 0.219 e. The highest BCUT2D eigenvalue weighted by Gasteiger charge is 2.27. The fourth-order valence-electron chi connectivity index (χ4n) is 10.1. The van der Waals surface area contributed by atoms with Crippen LogP contribution in [-0.4, -0.2) is 86.0 Å². The molecular formula is C60H58F2N14O5. The Morgan fingerprint density at radius 1 is 0.593 bits per heavy atom. The Kier molecular flexibility index (Phi) is 15.7. The molecule has 1 amide bonds. The Hall–Kier alpha value is -9.63. The summed E-state index contributed by atoms with van der Waals surface area (Å²) in [6.07, 6.45) is 17.9. The summed E-state index contributed by atoms with van der Waals surface area (Å²) in [5.74, 6) is 3.71. The standard InChI is InChI=1S/C31H30FN7O3.C29H28FN7O2/c1-19-34-13-21(14-35-19)17-41-26-10-23(32)11-27(12-26)42-25-7-5-22(6-8-25)28-16-39(31-29(28)30(33)36-18-37-31)24-4-3-9-38(15-24)20(2)40;1-18-33-12-19(13-34-18)16-38-24-9-21(30)10-25(11-24)39-23-6-4-20(5-7-23)26-15-37(22-3-2-8-32-14-22)29-27(26)28(31)35-17-36-29/h5-8,10-14,16,18,24H,3-4,9,15,17H2,1-2H3,(H2,33,36,37);4-7,9-13,15,17,22,32H,2-3,8,14,16H2,1H3,(H2,31,35,36)/t24-;22-/m11/s1. The number of benzene rings is 4. The van der Waals surface area contributed by atoms with Crippen LogP contribution in [0.4, 0.5) is 20.4 Å². The number of nitrogens with two attached hydrogens (primary N) is 2. The first-order valence-corrected chi connectivity index (χ1v) is 26.5. The van der Waals surface area contributed by atoms with Crippen molar-refractivity contribution < 1.29 is 32.5 Å². The summed E-state index contributed by atoms with van der Waals surface area (Å²) in [6, 6.07) is 23.9. The highest BCUT2D eigenvalue weighted by atomic mass is 19.1. The zero-order valence-electron chi connectivity index (χ0n) is 44.8. The number of carbonyl (C=O) groups excluding carboxylic acids is 1. The average molecular weight is 1090 g/mol. The lowest BCUT2D eigenvalue weighted by Crippen LogP contribution is -2.39. The molecule has 2 fully saturated rings. The molecule has 2 aliphatic heterocycles. The molecule has 19 nitrogen and oxygen atoms in total. The van der Waals surface area contributed by atoms with Gasteiger partial charge in [0.1, 0.15) is 107 Å². The number of anilines is 2. The largest absolute Gasteiger partial charge is 0.489 e. The van der Waals surface area contributed by atoms with Gasteiger partial charge in [0.2, 0.25) is 5.91 Å². The third kappa shape index (κ3) is 12.5. The normalized spacial score (nSPS) is 15.2. The first-order chi connectivity index (χ1) is 39.4. The molecule has 0 aliphatic carbocycles. The molecule has 0 unspecified atom stereocenters. The summed E-state index contributed by atoms with van der Waals surface area (Å²) in [5, 5.41) is 5.06. The number of amides is 1. The number of piperidine rings is 2. The molecule has 6 aromatic heterocycles. The van der Waals surface area contributed by atoms with Crippen molar-refractivity contribution in [1.29, 1.82) is 0 Å². The Bertz CT molecular complexity index is 3840. The van der Waals surface area contributed by atoms with Gasteiger partial charge < -0.3 is 49.8 Å². The van der Waals surface area contributed by atoms with E-state index in [4.69, 9.17) is 30.4 Å². The Morgan fingerprint density at radius 2 is 1.05 bits per heavy atom. The number of likely N-dealkylation sites (tertiary alicyclic amines) is 1. The van der Waals surface area contributed by atoms with Crippen molar-refractivity contribution >= 4 is 39.6 Å². The monoisotopic (exact) mass is 1090 g/mol. The van der Waals surface area contributed by atoms with E-state index >= 15 is 0 Å². The van der Waals surface area contributed by atoms with Crippen LogP contribution in [0.2, 0.25) is 0 Å². The number of aromatic nitrogens is 10. The van der Waals surface area contributed by atoms with Crippen LogP contribution in [0.5, 0.6) is 34.5 Å². The van der Waals surface area contributed by atoms with Gasteiger partial charge in [-0.1, -0.05) is 24.3 Å². The first-order valence-electron chi connectivity index (χ1n) is 26.5. The van der Waals surface area contributed by atoms with Crippen LogP contribution in [0.25, 0.3) is 44.3 Å². The fraction of sp³-hybridized carbons (Fsp3) is 0.250. The SMILES string of the molecule is CC(=O)N1CCC[C@@H](n2cc(-c3ccc(Oc4cc(F)cc(OCc5cnc(C)nc5)c4)cc3)c3c(N)ncnc32)C1.Cc1ncc(COc2cc(F)cc(Oc3ccc(-c4cn([C@@H]5CCCNC5)c5ncnc(N)c45)cc3)c2)cn1. The topological polar surface area (TPSA) is 234 Å². The second-order valence-electron chi connectivity index (χ2n) is 19.9. The number of halogens is 2. The second kappa shape index (κ2) is 23.8. The summed E-state index contributed by atoms with van der Waals surface area (Å²) >= 11 is 0. The maximum atomic E-state index is 14.4. The molecule has 21 heteroatoms. The van der Waals surface area contributed by atoms with E-state index in [1.54, 1.807) is 50.8 Å². The van der Waals surface area contributed by atoms with Gasteiger partial charge in [-0.15, -0.1) is 0 Å². The number of aryl methyl sites for hydroxylation is 2. The van der Waals surface area contributed by atoms with Crippen molar-refractivity contribution in [2.75, 3.05) is 37.6 Å². The van der Waals surface area contributed by atoms with Gasteiger partial charge in [0.15, 0.2) is 0 Å². The Balaban J connectivity index is 0.000000171. The third-order valence-corrected chi connectivity index (χ3v) is 14.1. The summed E-state index contributed by atoms with van der Waals surface area (Å²) in [5.41, 5.74) is 19.5.